The summed E-state index contributed by atoms with van der Waals surface area (Å²) in [7, 11) is 0. The van der Waals surface area contributed by atoms with Crippen molar-refractivity contribution < 1.29 is 0 Å². The molecule has 3 heteroatoms. The quantitative estimate of drug-likeness (QED) is 0.744. The van der Waals surface area contributed by atoms with E-state index in [9.17, 15) is 0 Å². The highest BCUT2D eigenvalue weighted by Crippen LogP contribution is 2.61. The predicted molar refractivity (Wildman–Crippen MR) is 98.7 cm³/mol. The van der Waals surface area contributed by atoms with E-state index in [0.717, 1.165) is 29.8 Å². The minimum atomic E-state index is 0.514. The molecule has 3 nitrogen and oxygen atoms in total. The highest BCUT2D eigenvalue weighted by atomic mass is 15.3. The topological polar surface area (TPSA) is 9.72 Å². The van der Waals surface area contributed by atoms with E-state index in [1.54, 1.807) is 0 Å². The Bertz CT molecular complexity index is 386. The van der Waals surface area contributed by atoms with Crippen LogP contribution in [-0.2, 0) is 0 Å². The number of likely N-dealkylation sites (N-methyl/N-ethyl adjacent to an activating group) is 1. The summed E-state index contributed by atoms with van der Waals surface area (Å²) in [5.74, 6) is 2.98. The lowest BCUT2D eigenvalue weighted by atomic mass is 9.78. The van der Waals surface area contributed by atoms with Crippen molar-refractivity contribution in [3.63, 3.8) is 0 Å². The van der Waals surface area contributed by atoms with Crippen molar-refractivity contribution in [2.45, 2.75) is 60.0 Å². The van der Waals surface area contributed by atoms with Gasteiger partial charge in [-0.1, -0.05) is 20.8 Å². The summed E-state index contributed by atoms with van der Waals surface area (Å²) in [6, 6.07) is 1.48. The third kappa shape index (κ3) is 3.62. The maximum absolute atomic E-state index is 2.74. The van der Waals surface area contributed by atoms with Gasteiger partial charge in [-0.15, -0.1) is 0 Å². The first kappa shape index (κ1) is 17.7. The van der Waals surface area contributed by atoms with Gasteiger partial charge in [0.1, 0.15) is 0 Å². The molecule has 0 N–H and O–H groups in total. The van der Waals surface area contributed by atoms with Gasteiger partial charge in [-0.25, -0.2) is 0 Å². The molecule has 23 heavy (non-hydrogen) atoms. The van der Waals surface area contributed by atoms with Crippen LogP contribution in [0.25, 0.3) is 0 Å². The molecule has 3 aliphatic rings. The molecule has 1 saturated carbocycles. The Labute approximate surface area is 144 Å². The predicted octanol–water partition coefficient (Wildman–Crippen LogP) is 3.01. The van der Waals surface area contributed by atoms with Gasteiger partial charge in [0.05, 0.1) is 0 Å². The van der Waals surface area contributed by atoms with Crippen molar-refractivity contribution >= 4 is 0 Å². The molecule has 3 atom stereocenters. The van der Waals surface area contributed by atoms with Gasteiger partial charge < -0.3 is 9.80 Å². The van der Waals surface area contributed by atoms with Crippen LogP contribution in [0.3, 0.4) is 0 Å². The number of piperidine rings is 1. The zero-order valence-corrected chi connectivity index (χ0v) is 16.4. The Morgan fingerprint density at radius 2 is 1.48 bits per heavy atom. The first-order valence-corrected chi connectivity index (χ1v) is 10.0. The van der Waals surface area contributed by atoms with Crippen LogP contribution >= 0.6 is 0 Å². The van der Waals surface area contributed by atoms with Crippen molar-refractivity contribution in [3.05, 3.63) is 0 Å². The molecule has 0 aromatic carbocycles. The number of hydrogen-bond acceptors (Lipinski definition) is 3. The average Bonchev–Trinajstić information content (AvgIpc) is 3.04. The van der Waals surface area contributed by atoms with Gasteiger partial charge in [-0.3, -0.25) is 4.90 Å². The van der Waals surface area contributed by atoms with Gasteiger partial charge in [-0.05, 0) is 56.9 Å². The number of likely N-dealkylation sites (tertiary alicyclic amines) is 1. The summed E-state index contributed by atoms with van der Waals surface area (Å²) < 4.78 is 0. The fraction of sp³-hybridized carbons (Fsp3) is 1.00. The summed E-state index contributed by atoms with van der Waals surface area (Å²) in [4.78, 5) is 8.02. The van der Waals surface area contributed by atoms with E-state index in [4.69, 9.17) is 0 Å². The van der Waals surface area contributed by atoms with Crippen LogP contribution in [-0.4, -0.2) is 72.6 Å². The molecule has 3 rings (SSSR count). The highest BCUT2D eigenvalue weighted by Gasteiger charge is 2.61. The molecule has 0 spiro atoms. The second-order valence-electron chi connectivity index (χ2n) is 9.41. The molecule has 134 valence electrons. The number of fused-ring (bicyclic) bond motifs is 1. The summed E-state index contributed by atoms with van der Waals surface area (Å²) in [6.07, 6.45) is 1.37. The molecule has 0 radical (unpaired) electrons. The van der Waals surface area contributed by atoms with Crippen LogP contribution in [0, 0.1) is 23.2 Å². The van der Waals surface area contributed by atoms with E-state index in [1.807, 2.05) is 0 Å². The van der Waals surface area contributed by atoms with E-state index in [0.29, 0.717) is 5.41 Å². The SMILES string of the molecule is CCN1CCN(C(C)CC(C)(C)C2C3CN(C(C)C)CC32)CC1. The van der Waals surface area contributed by atoms with Crippen LogP contribution in [0.5, 0.6) is 0 Å². The molecule has 0 amide bonds. The number of rotatable bonds is 6. The first-order chi connectivity index (χ1) is 10.8. The maximum atomic E-state index is 2.74. The zero-order chi connectivity index (χ0) is 16.8. The second kappa shape index (κ2) is 6.65. The Kier molecular flexibility index (Phi) is 5.11. The fourth-order valence-electron chi connectivity index (χ4n) is 5.69. The molecular formula is C20H39N3. The molecule has 3 unspecified atom stereocenters. The third-order valence-corrected chi connectivity index (χ3v) is 7.15. The van der Waals surface area contributed by atoms with Crippen LogP contribution in [0.2, 0.25) is 0 Å². The molecule has 3 fully saturated rings. The van der Waals surface area contributed by atoms with Crippen molar-refractivity contribution in [3.8, 4) is 0 Å². The summed E-state index contributed by atoms with van der Waals surface area (Å²) in [6.45, 7) is 23.6. The summed E-state index contributed by atoms with van der Waals surface area (Å²) in [5.41, 5.74) is 0.514. The van der Waals surface area contributed by atoms with Crippen molar-refractivity contribution in [1.82, 2.24) is 14.7 Å². The molecular weight excluding hydrogens is 282 g/mol. The largest absolute Gasteiger partial charge is 0.301 e. The lowest BCUT2D eigenvalue weighted by molar-refractivity contribution is 0.0726. The minimum Gasteiger partial charge on any atom is -0.301 e. The van der Waals surface area contributed by atoms with Crippen LogP contribution in [0.15, 0.2) is 0 Å². The van der Waals surface area contributed by atoms with E-state index in [1.165, 1.54) is 52.2 Å². The first-order valence-electron chi connectivity index (χ1n) is 10.0. The normalized spacial score (nSPS) is 34.8. The van der Waals surface area contributed by atoms with Crippen molar-refractivity contribution in [2.75, 3.05) is 45.8 Å². The van der Waals surface area contributed by atoms with E-state index in [2.05, 4.69) is 56.2 Å². The van der Waals surface area contributed by atoms with Gasteiger partial charge >= 0.3 is 0 Å². The van der Waals surface area contributed by atoms with Crippen molar-refractivity contribution in [1.29, 1.82) is 0 Å². The lowest BCUT2D eigenvalue weighted by Gasteiger charge is -2.41. The molecule has 2 heterocycles. The van der Waals surface area contributed by atoms with Crippen LogP contribution in [0.1, 0.15) is 48.0 Å². The van der Waals surface area contributed by atoms with Gasteiger partial charge in [0, 0.05) is 51.4 Å². The summed E-state index contributed by atoms with van der Waals surface area (Å²) >= 11 is 0. The standard InChI is InChI=1S/C20H39N3/c1-7-21-8-10-22(11-9-21)16(4)12-20(5,6)19-17-13-23(15(2)3)14-18(17)19/h15-19H,7-14H2,1-6H3. The van der Waals surface area contributed by atoms with Gasteiger partial charge in [0.25, 0.3) is 0 Å². The maximum Gasteiger partial charge on any atom is 0.0113 e. The Hall–Kier alpha value is -0.120. The Balaban J connectivity index is 1.48. The zero-order valence-electron chi connectivity index (χ0n) is 16.4. The monoisotopic (exact) mass is 321 g/mol. The van der Waals surface area contributed by atoms with E-state index >= 15 is 0 Å². The van der Waals surface area contributed by atoms with Crippen molar-refractivity contribution in [2.24, 2.45) is 23.2 Å². The van der Waals surface area contributed by atoms with Crippen LogP contribution < -0.4 is 0 Å². The van der Waals surface area contributed by atoms with Gasteiger partial charge in [0.2, 0.25) is 0 Å². The number of nitrogens with zero attached hydrogens (tertiary/aromatic N) is 3. The smallest absolute Gasteiger partial charge is 0.0113 e. The molecule has 0 bridgehead atoms. The molecule has 0 aromatic rings. The third-order valence-electron chi connectivity index (χ3n) is 7.15. The summed E-state index contributed by atoms with van der Waals surface area (Å²) in [5, 5.41) is 0. The number of piperazine rings is 1. The fourth-order valence-corrected chi connectivity index (χ4v) is 5.69. The molecule has 1 aliphatic carbocycles. The molecule has 0 aromatic heterocycles. The van der Waals surface area contributed by atoms with E-state index < -0.39 is 0 Å². The van der Waals surface area contributed by atoms with Crippen LogP contribution in [0.4, 0.5) is 0 Å². The van der Waals surface area contributed by atoms with E-state index in [-0.39, 0.29) is 0 Å². The van der Waals surface area contributed by atoms with Gasteiger partial charge in [0.15, 0.2) is 0 Å². The average molecular weight is 322 g/mol. The lowest BCUT2D eigenvalue weighted by Crippen LogP contribution is -2.50. The highest BCUT2D eigenvalue weighted by molar-refractivity contribution is 5.11. The van der Waals surface area contributed by atoms with Gasteiger partial charge in [-0.2, -0.15) is 0 Å². The molecule has 2 saturated heterocycles. The number of hydrogen-bond donors (Lipinski definition) is 0. The second-order valence-corrected chi connectivity index (χ2v) is 9.41. The minimum absolute atomic E-state index is 0.514. The Morgan fingerprint density at radius 1 is 0.913 bits per heavy atom. The Morgan fingerprint density at radius 3 is 1.96 bits per heavy atom. The molecule has 2 aliphatic heterocycles.